The maximum Gasteiger partial charge on any atom is 0.280 e. The summed E-state index contributed by atoms with van der Waals surface area (Å²) in [5.74, 6) is 0.731. The molecule has 1 aliphatic heterocycles. The van der Waals surface area contributed by atoms with Gasteiger partial charge in [-0.2, -0.15) is 4.98 Å². The maximum absolute atomic E-state index is 13.3. The molecule has 16 heteroatoms. The summed E-state index contributed by atoms with van der Waals surface area (Å²) in [7, 11) is 4.83. The van der Waals surface area contributed by atoms with Crippen molar-refractivity contribution in [1.82, 2.24) is 24.2 Å². The Morgan fingerprint density at radius 3 is 1.95 bits per heavy atom. The molecule has 3 heterocycles. The van der Waals surface area contributed by atoms with E-state index in [1.165, 1.54) is 6.33 Å². The highest BCUT2D eigenvalue weighted by atomic mass is 31.2. The summed E-state index contributed by atoms with van der Waals surface area (Å²) in [6.07, 6.45) is -1.74. The van der Waals surface area contributed by atoms with Gasteiger partial charge in [0.05, 0.1) is 27.2 Å². The summed E-state index contributed by atoms with van der Waals surface area (Å²) >= 11 is 0. The highest BCUT2D eigenvalue weighted by molar-refractivity contribution is 7.44. The van der Waals surface area contributed by atoms with Crippen LogP contribution >= 0.6 is 8.53 Å². The number of amides is 1. The minimum atomic E-state index is -1.64. The summed E-state index contributed by atoms with van der Waals surface area (Å²) in [6.45, 7) is 11.9. The first-order valence-corrected chi connectivity index (χ1v) is 20.7. The third-order valence-electron chi connectivity index (χ3n) is 10.3. The smallest absolute Gasteiger partial charge is 0.280 e. The van der Waals surface area contributed by atoms with E-state index in [1.807, 2.05) is 78.9 Å². The van der Waals surface area contributed by atoms with Gasteiger partial charge in [0.15, 0.2) is 17.4 Å². The molecule has 2 N–H and O–H groups in total. The summed E-state index contributed by atoms with van der Waals surface area (Å²) in [6, 6.07) is 25.7. The number of hydrogen-bond donors (Lipinski definition) is 2. The maximum atomic E-state index is 13.3. The van der Waals surface area contributed by atoms with E-state index in [0.717, 1.165) is 16.7 Å². The summed E-state index contributed by atoms with van der Waals surface area (Å²) < 4.78 is 48.5. The van der Waals surface area contributed by atoms with Gasteiger partial charge in [-0.1, -0.05) is 68.4 Å². The summed E-state index contributed by atoms with van der Waals surface area (Å²) in [5.41, 5.74) is 1.12. The lowest BCUT2D eigenvalue weighted by atomic mass is 9.80. The second-order valence-electron chi connectivity index (χ2n) is 15.0. The Labute approximate surface area is 346 Å². The zero-order chi connectivity index (χ0) is 42.4. The Morgan fingerprint density at radius 2 is 1.44 bits per heavy atom. The van der Waals surface area contributed by atoms with Crippen molar-refractivity contribution >= 4 is 31.5 Å². The average Bonchev–Trinajstić information content (AvgIpc) is 3.82. The fourth-order valence-corrected chi connectivity index (χ4v) is 9.03. The fourth-order valence-electron chi connectivity index (χ4n) is 7.43. The topological polar surface area (TPSA) is 161 Å². The number of imidazole rings is 1. The van der Waals surface area contributed by atoms with Gasteiger partial charge >= 0.3 is 0 Å². The van der Waals surface area contributed by atoms with Crippen LogP contribution in [0.25, 0.3) is 11.2 Å². The van der Waals surface area contributed by atoms with E-state index in [-0.39, 0.29) is 47.6 Å². The van der Waals surface area contributed by atoms with Crippen molar-refractivity contribution in [3.63, 3.8) is 0 Å². The van der Waals surface area contributed by atoms with Crippen LogP contribution in [0.1, 0.15) is 64.5 Å². The predicted molar refractivity (Wildman–Crippen MR) is 226 cm³/mol. The fraction of sp³-hybridized carbons (Fsp3) is 0.442. The van der Waals surface area contributed by atoms with E-state index < -0.39 is 44.2 Å². The van der Waals surface area contributed by atoms with Crippen LogP contribution in [0, 0.1) is 5.92 Å². The number of aromatic amines is 1. The number of aromatic nitrogens is 4. The number of carbonyl (C=O) groups excluding carboxylic acids is 1. The van der Waals surface area contributed by atoms with Crippen LogP contribution in [0.5, 0.6) is 11.5 Å². The molecule has 5 aromatic rings. The number of H-pyrrole nitrogens is 1. The minimum Gasteiger partial charge on any atom is -0.497 e. The molecule has 0 aliphatic carbocycles. The molecule has 1 saturated heterocycles. The number of nitrogens with one attached hydrogen (secondary N) is 2. The Morgan fingerprint density at radius 1 is 0.864 bits per heavy atom. The third kappa shape index (κ3) is 9.07. The van der Waals surface area contributed by atoms with Gasteiger partial charge in [0.1, 0.15) is 35.4 Å². The Bertz CT molecular complexity index is 2140. The zero-order valence-corrected chi connectivity index (χ0v) is 36.1. The molecule has 59 heavy (non-hydrogen) atoms. The molecule has 0 spiro atoms. The Hall–Kier alpha value is -4.73. The molecule has 0 bridgehead atoms. The number of carbonyl (C=O) groups is 1. The molecule has 2 aromatic heterocycles. The molecule has 5 atom stereocenters. The van der Waals surface area contributed by atoms with Gasteiger partial charge in [0.2, 0.25) is 11.9 Å². The van der Waals surface area contributed by atoms with E-state index >= 15 is 0 Å². The normalized spacial score (nSPS) is 18.9. The number of benzene rings is 3. The van der Waals surface area contributed by atoms with Crippen LogP contribution < -0.4 is 20.3 Å². The molecule has 15 nitrogen and oxygen atoms in total. The zero-order valence-electron chi connectivity index (χ0n) is 35.2. The molecule has 316 valence electrons. The highest BCUT2D eigenvalue weighted by Crippen LogP contribution is 2.51. The van der Waals surface area contributed by atoms with E-state index in [4.69, 9.17) is 32.7 Å². The van der Waals surface area contributed by atoms with Crippen LogP contribution in [0.2, 0.25) is 0 Å². The van der Waals surface area contributed by atoms with Crippen LogP contribution in [-0.4, -0.2) is 95.5 Å². The molecule has 1 amide bonds. The van der Waals surface area contributed by atoms with Crippen molar-refractivity contribution in [1.29, 1.82) is 0 Å². The first-order chi connectivity index (χ1) is 28.4. The molecule has 1 aliphatic rings. The molecule has 1 fully saturated rings. The van der Waals surface area contributed by atoms with Crippen LogP contribution in [0.4, 0.5) is 5.95 Å². The van der Waals surface area contributed by atoms with E-state index in [1.54, 1.807) is 46.9 Å². The molecular weight excluding hydrogens is 775 g/mol. The van der Waals surface area contributed by atoms with Crippen LogP contribution in [0.3, 0.4) is 0 Å². The van der Waals surface area contributed by atoms with Gasteiger partial charge in [-0.15, -0.1) is 0 Å². The van der Waals surface area contributed by atoms with Crippen molar-refractivity contribution in [2.75, 3.05) is 40.4 Å². The number of nitrogens with zero attached hydrogens (tertiary/aromatic N) is 4. The summed E-state index contributed by atoms with van der Waals surface area (Å²) in [4.78, 5) is 37.6. The third-order valence-corrected chi connectivity index (χ3v) is 12.3. The standard InChI is InChI=1S/C43H55N6O9P/c1-26(2)39(50)46-42-45-38-35(40(51)47-42)44-25-48(38)41-37(54-9)36(58-59(55-10)49(27(3)4)28(5)6)34(57-41)24-56-43(29-14-12-11-13-15-29,30-16-20-32(52-7)21-17-30)31-18-22-33(53-8)23-19-31/h11-23,25-28,34,36-37,41H,24H2,1-10H3,(H2,45,46,47,50,51)/t34-,36-,37-,41-,59?/m1/s1. The van der Waals surface area contributed by atoms with Crippen molar-refractivity contribution in [2.24, 2.45) is 5.92 Å². The number of anilines is 1. The van der Waals surface area contributed by atoms with Gasteiger partial charge in [-0.3, -0.25) is 24.5 Å². The second-order valence-corrected chi connectivity index (χ2v) is 16.5. The SMILES string of the molecule is COc1ccc(C(OC[C@H]2O[C@@H](n3cnc4c(=O)[nH]c(NC(=O)C(C)C)nc43)[C@H](OC)[C@@H]2OP(OC)N(C(C)C)C(C)C)(c2ccccc2)c2ccc(OC)cc2)cc1. The number of hydrogen-bond acceptors (Lipinski definition) is 12. The molecule has 1 unspecified atom stereocenters. The van der Waals surface area contributed by atoms with Gasteiger partial charge in [0.25, 0.3) is 14.1 Å². The quantitative estimate of drug-likeness (QED) is 0.0687. The monoisotopic (exact) mass is 830 g/mol. The van der Waals surface area contributed by atoms with Crippen molar-refractivity contribution in [3.05, 3.63) is 112 Å². The minimum absolute atomic E-state index is 0.000557. The average molecular weight is 831 g/mol. The lowest BCUT2D eigenvalue weighted by molar-refractivity contribution is -0.118. The molecule has 0 radical (unpaired) electrons. The first kappa shape index (κ1) is 43.8. The Kier molecular flexibility index (Phi) is 14.2. The number of methoxy groups -OCH3 is 3. The molecule has 6 rings (SSSR count). The van der Waals surface area contributed by atoms with Crippen molar-refractivity contribution in [2.45, 2.75) is 83.8 Å². The number of rotatable bonds is 18. The summed E-state index contributed by atoms with van der Waals surface area (Å²) in [5, 5.41) is 2.69. The van der Waals surface area contributed by atoms with E-state index in [9.17, 15) is 9.59 Å². The van der Waals surface area contributed by atoms with E-state index in [2.05, 4.69) is 52.6 Å². The van der Waals surface area contributed by atoms with E-state index in [0.29, 0.717) is 11.5 Å². The van der Waals surface area contributed by atoms with Crippen molar-refractivity contribution in [3.8, 4) is 11.5 Å². The van der Waals surface area contributed by atoms with Crippen LogP contribution in [0.15, 0.2) is 90.0 Å². The molecular formula is C43H55N6O9P. The number of ether oxygens (including phenoxy) is 5. The molecule has 3 aromatic carbocycles. The lowest BCUT2D eigenvalue weighted by Crippen LogP contribution is -2.42. The predicted octanol–water partition coefficient (Wildman–Crippen LogP) is 7.03. The van der Waals surface area contributed by atoms with Gasteiger partial charge in [-0.05, 0) is 68.7 Å². The highest BCUT2D eigenvalue weighted by Gasteiger charge is 2.51. The van der Waals surface area contributed by atoms with Gasteiger partial charge in [-0.25, -0.2) is 9.65 Å². The first-order valence-electron chi connectivity index (χ1n) is 19.6. The lowest BCUT2D eigenvalue weighted by Gasteiger charge is -2.39. The van der Waals surface area contributed by atoms with Gasteiger partial charge < -0.3 is 32.7 Å². The van der Waals surface area contributed by atoms with Crippen molar-refractivity contribution < 1.29 is 37.5 Å². The largest absolute Gasteiger partial charge is 0.497 e. The second kappa shape index (κ2) is 19.1. The van der Waals surface area contributed by atoms with Gasteiger partial charge in [0, 0.05) is 32.2 Å². The van der Waals surface area contributed by atoms with Crippen LogP contribution in [-0.2, 0) is 33.7 Å². The Balaban J connectivity index is 1.48. The number of fused-ring (bicyclic) bond motifs is 1. The molecule has 0 saturated carbocycles.